The third-order valence-electron chi connectivity index (χ3n) is 1.17. The Morgan fingerprint density at radius 2 is 2.36 bits per heavy atom. The highest BCUT2D eigenvalue weighted by Crippen LogP contribution is 2.10. The summed E-state index contributed by atoms with van der Waals surface area (Å²) in [5, 5.41) is 6.82. The summed E-state index contributed by atoms with van der Waals surface area (Å²) >= 11 is 6.01. The minimum Gasteiger partial charge on any atom is -0.291 e. The smallest absolute Gasteiger partial charge is 0.195 e. The van der Waals surface area contributed by atoms with Crippen molar-refractivity contribution in [2.45, 2.75) is 13.8 Å². The molecular weight excluding hydrogens is 180 g/mol. The van der Waals surface area contributed by atoms with E-state index in [1.165, 1.54) is 11.3 Å². The fraction of sp³-hybridized carbons (Fsp3) is 0.500. The molecule has 0 aliphatic heterocycles. The molecule has 1 rings (SSSR count). The first kappa shape index (κ1) is 8.55. The van der Waals surface area contributed by atoms with Crippen LogP contribution in [0.4, 0.5) is 0 Å². The Morgan fingerprint density at radius 3 is 2.73 bits per heavy atom. The number of H-pyrrole nitrogens is 1. The molecule has 0 aliphatic rings. The molecule has 1 aromatic rings. The van der Waals surface area contributed by atoms with Crippen LogP contribution in [0.1, 0.15) is 23.6 Å². The first-order chi connectivity index (χ1) is 5.11. The van der Waals surface area contributed by atoms with Crippen LogP contribution >= 0.6 is 23.6 Å². The molecule has 0 fully saturated rings. The molecule has 0 saturated heterocycles. The highest BCUT2D eigenvalue weighted by molar-refractivity contribution is 7.73. The zero-order valence-corrected chi connectivity index (χ0v) is 7.88. The Kier molecular flexibility index (Phi) is 2.51. The normalized spacial score (nSPS) is 10.5. The average molecular weight is 188 g/mol. The van der Waals surface area contributed by atoms with E-state index in [9.17, 15) is 4.79 Å². The van der Waals surface area contributed by atoms with Crippen LogP contribution in [0.5, 0.6) is 0 Å². The Morgan fingerprint density at radius 1 is 1.73 bits per heavy atom. The van der Waals surface area contributed by atoms with Crippen LogP contribution < -0.4 is 0 Å². The first-order valence-electron chi connectivity index (χ1n) is 3.21. The van der Waals surface area contributed by atoms with Crippen molar-refractivity contribution in [3.8, 4) is 0 Å². The number of ketones is 1. The van der Waals surface area contributed by atoms with Crippen molar-refractivity contribution in [2.24, 2.45) is 5.92 Å². The van der Waals surface area contributed by atoms with Gasteiger partial charge in [-0.15, -0.1) is 0 Å². The minimum absolute atomic E-state index is 0.0102. The van der Waals surface area contributed by atoms with Gasteiger partial charge >= 0.3 is 0 Å². The second-order valence-corrected chi connectivity index (χ2v) is 4.10. The van der Waals surface area contributed by atoms with Gasteiger partial charge in [0, 0.05) is 5.92 Å². The molecule has 0 aromatic carbocycles. The third-order valence-corrected chi connectivity index (χ3v) is 2.28. The Balaban J connectivity index is 2.94. The summed E-state index contributed by atoms with van der Waals surface area (Å²) in [7, 11) is 0. The van der Waals surface area contributed by atoms with Crippen LogP contribution in [0.15, 0.2) is 0 Å². The van der Waals surface area contributed by atoms with Crippen molar-refractivity contribution < 1.29 is 4.79 Å². The van der Waals surface area contributed by atoms with Gasteiger partial charge in [0.15, 0.2) is 14.7 Å². The minimum atomic E-state index is -0.0102. The van der Waals surface area contributed by atoms with E-state index < -0.39 is 0 Å². The fourth-order valence-electron chi connectivity index (χ4n) is 0.582. The van der Waals surface area contributed by atoms with E-state index in [1.807, 2.05) is 13.8 Å². The molecule has 3 nitrogen and oxygen atoms in total. The van der Waals surface area contributed by atoms with Gasteiger partial charge in [-0.3, -0.25) is 9.89 Å². The molecule has 0 unspecified atom stereocenters. The van der Waals surface area contributed by atoms with Crippen LogP contribution in [-0.4, -0.2) is 16.0 Å². The Hall–Kier alpha value is -0.550. The zero-order chi connectivity index (χ0) is 8.43. The standard InChI is InChI=1S/C6H8N2OS2/c1-3(2)4(9)5-7-8-6(10)11-5/h3H,1-2H3,(H,8,10). The van der Waals surface area contributed by atoms with Gasteiger partial charge in [0.25, 0.3) is 0 Å². The summed E-state index contributed by atoms with van der Waals surface area (Å²) in [6.07, 6.45) is 0. The molecule has 11 heavy (non-hydrogen) atoms. The molecule has 0 amide bonds. The molecule has 1 N–H and O–H groups in total. The topological polar surface area (TPSA) is 45.8 Å². The van der Waals surface area contributed by atoms with Crippen molar-refractivity contribution in [3.05, 3.63) is 8.96 Å². The average Bonchev–Trinajstić information content (AvgIpc) is 2.34. The third kappa shape index (κ3) is 1.94. The lowest BCUT2D eigenvalue weighted by Crippen LogP contribution is -2.06. The molecule has 0 aliphatic carbocycles. The lowest BCUT2D eigenvalue weighted by molar-refractivity contribution is 0.0938. The van der Waals surface area contributed by atoms with E-state index in [4.69, 9.17) is 12.2 Å². The SMILES string of the molecule is CC(C)C(=O)c1n[nH]c(=S)s1. The fourth-order valence-corrected chi connectivity index (χ4v) is 1.56. The molecule has 1 heterocycles. The number of carbonyl (C=O) groups is 1. The number of hydrogen-bond acceptors (Lipinski definition) is 4. The highest BCUT2D eigenvalue weighted by atomic mass is 32.1. The van der Waals surface area contributed by atoms with Crippen molar-refractivity contribution >= 4 is 29.3 Å². The van der Waals surface area contributed by atoms with Crippen LogP contribution in [0, 0.1) is 9.87 Å². The molecular formula is C6H8N2OS2. The van der Waals surface area contributed by atoms with E-state index in [2.05, 4.69) is 10.2 Å². The Labute approximate surface area is 73.5 Å². The van der Waals surface area contributed by atoms with E-state index in [0.717, 1.165) is 0 Å². The summed E-state index contributed by atoms with van der Waals surface area (Å²) in [5.41, 5.74) is 0. The molecule has 0 radical (unpaired) electrons. The van der Waals surface area contributed by atoms with Gasteiger partial charge in [-0.05, 0) is 12.2 Å². The number of nitrogens with one attached hydrogen (secondary N) is 1. The first-order valence-corrected chi connectivity index (χ1v) is 4.43. The maximum atomic E-state index is 11.2. The van der Waals surface area contributed by atoms with Crippen molar-refractivity contribution in [2.75, 3.05) is 0 Å². The van der Waals surface area contributed by atoms with Gasteiger partial charge in [0.1, 0.15) is 0 Å². The number of aromatic nitrogens is 2. The van der Waals surface area contributed by atoms with Crippen LogP contribution in [-0.2, 0) is 0 Å². The number of hydrogen-bond donors (Lipinski definition) is 1. The predicted molar refractivity (Wildman–Crippen MR) is 46.5 cm³/mol. The quantitative estimate of drug-likeness (QED) is 0.570. The summed E-state index contributed by atoms with van der Waals surface area (Å²) in [4.78, 5) is 11.2. The second-order valence-electron chi connectivity index (χ2n) is 2.44. The molecule has 5 heteroatoms. The molecule has 0 bridgehead atoms. The summed E-state index contributed by atoms with van der Waals surface area (Å²) in [5.74, 6) is 0.0336. The summed E-state index contributed by atoms with van der Waals surface area (Å²) in [6, 6.07) is 0. The van der Waals surface area contributed by atoms with Gasteiger partial charge in [-0.2, -0.15) is 5.10 Å². The van der Waals surface area contributed by atoms with Gasteiger partial charge in [-0.25, -0.2) is 0 Å². The number of Topliss-reactive ketones (excluding diaryl/α,β-unsaturated/α-hetero) is 1. The maximum Gasteiger partial charge on any atom is 0.195 e. The van der Waals surface area contributed by atoms with E-state index in [-0.39, 0.29) is 11.7 Å². The number of rotatable bonds is 2. The van der Waals surface area contributed by atoms with Crippen LogP contribution in [0.3, 0.4) is 0 Å². The zero-order valence-electron chi connectivity index (χ0n) is 6.25. The van der Waals surface area contributed by atoms with Crippen LogP contribution in [0.25, 0.3) is 0 Å². The number of carbonyl (C=O) groups excluding carboxylic acids is 1. The second kappa shape index (κ2) is 3.23. The monoisotopic (exact) mass is 188 g/mol. The maximum absolute atomic E-state index is 11.2. The summed E-state index contributed by atoms with van der Waals surface area (Å²) in [6.45, 7) is 3.68. The molecule has 0 atom stereocenters. The van der Waals surface area contributed by atoms with Crippen LogP contribution in [0.2, 0.25) is 0 Å². The number of nitrogens with zero attached hydrogens (tertiary/aromatic N) is 1. The lowest BCUT2D eigenvalue weighted by Gasteiger charge is -1.96. The van der Waals surface area contributed by atoms with Crippen molar-refractivity contribution in [1.29, 1.82) is 0 Å². The van der Waals surface area contributed by atoms with Crippen molar-refractivity contribution in [1.82, 2.24) is 10.2 Å². The molecule has 1 aromatic heterocycles. The highest BCUT2D eigenvalue weighted by Gasteiger charge is 2.13. The van der Waals surface area contributed by atoms with Gasteiger partial charge in [0.2, 0.25) is 0 Å². The Bertz CT molecular complexity index is 312. The van der Waals surface area contributed by atoms with E-state index >= 15 is 0 Å². The molecule has 0 saturated carbocycles. The number of aromatic amines is 1. The van der Waals surface area contributed by atoms with E-state index in [1.54, 1.807) is 0 Å². The van der Waals surface area contributed by atoms with Gasteiger partial charge < -0.3 is 0 Å². The van der Waals surface area contributed by atoms with E-state index in [0.29, 0.717) is 8.96 Å². The van der Waals surface area contributed by atoms with Crippen molar-refractivity contribution in [3.63, 3.8) is 0 Å². The van der Waals surface area contributed by atoms with Gasteiger partial charge in [-0.1, -0.05) is 25.2 Å². The molecule has 0 spiro atoms. The predicted octanol–water partition coefficient (Wildman–Crippen LogP) is 2.04. The lowest BCUT2D eigenvalue weighted by atomic mass is 10.1. The van der Waals surface area contributed by atoms with Gasteiger partial charge in [0.05, 0.1) is 0 Å². The molecule has 60 valence electrons. The summed E-state index contributed by atoms with van der Waals surface area (Å²) < 4.78 is 0.550. The largest absolute Gasteiger partial charge is 0.291 e.